The van der Waals surface area contributed by atoms with Crippen molar-refractivity contribution in [1.29, 1.82) is 0 Å². The van der Waals surface area contributed by atoms with E-state index in [0.717, 1.165) is 5.56 Å². The molecule has 0 fully saturated rings. The van der Waals surface area contributed by atoms with E-state index >= 15 is 0 Å². The Balaban J connectivity index is 2.68. The SMILES string of the molecule is CC(C)N[C@H](Cc1ccc(O)cc1)C(=O)CCC(=O)C(C)C. The summed E-state index contributed by atoms with van der Waals surface area (Å²) in [5.41, 5.74) is 0.986. The van der Waals surface area contributed by atoms with Crippen molar-refractivity contribution in [1.82, 2.24) is 5.32 Å². The van der Waals surface area contributed by atoms with Gasteiger partial charge in [0.15, 0.2) is 5.78 Å². The summed E-state index contributed by atoms with van der Waals surface area (Å²) in [5, 5.41) is 12.6. The normalized spacial score (nSPS) is 12.6. The van der Waals surface area contributed by atoms with Crippen LogP contribution in [0.1, 0.15) is 46.1 Å². The lowest BCUT2D eigenvalue weighted by atomic mass is 9.96. The Labute approximate surface area is 132 Å². The minimum absolute atomic E-state index is 0.0265. The van der Waals surface area contributed by atoms with Gasteiger partial charge in [0.05, 0.1) is 6.04 Å². The second kappa shape index (κ2) is 8.69. The first-order valence-electron chi connectivity index (χ1n) is 7.89. The van der Waals surface area contributed by atoms with E-state index in [-0.39, 0.29) is 41.7 Å². The molecule has 0 saturated carbocycles. The van der Waals surface area contributed by atoms with Gasteiger partial charge in [-0.15, -0.1) is 0 Å². The average Bonchev–Trinajstić information content (AvgIpc) is 2.45. The lowest BCUT2D eigenvalue weighted by Gasteiger charge is -2.20. The predicted octanol–water partition coefficient (Wildman–Crippen LogP) is 2.88. The number of rotatable bonds is 9. The fourth-order valence-corrected chi connectivity index (χ4v) is 2.25. The van der Waals surface area contributed by atoms with Crippen molar-refractivity contribution in [2.75, 3.05) is 0 Å². The molecule has 0 aromatic heterocycles. The molecule has 1 rings (SSSR count). The largest absolute Gasteiger partial charge is 0.508 e. The molecule has 0 aliphatic heterocycles. The summed E-state index contributed by atoms with van der Waals surface area (Å²) in [4.78, 5) is 24.1. The summed E-state index contributed by atoms with van der Waals surface area (Å²) in [5.74, 6) is 0.379. The number of aromatic hydroxyl groups is 1. The molecule has 0 aliphatic carbocycles. The van der Waals surface area contributed by atoms with E-state index in [1.54, 1.807) is 12.1 Å². The summed E-state index contributed by atoms with van der Waals surface area (Å²) in [7, 11) is 0. The highest BCUT2D eigenvalue weighted by Gasteiger charge is 2.21. The number of phenols is 1. The third-order valence-corrected chi connectivity index (χ3v) is 3.56. The molecule has 0 unspecified atom stereocenters. The van der Waals surface area contributed by atoms with Gasteiger partial charge in [-0.1, -0.05) is 39.8 Å². The Bertz CT molecular complexity index is 492. The first-order valence-corrected chi connectivity index (χ1v) is 7.89. The number of phenolic OH excluding ortho intramolecular Hbond substituents is 1. The van der Waals surface area contributed by atoms with E-state index in [4.69, 9.17) is 0 Å². The maximum Gasteiger partial charge on any atom is 0.150 e. The number of ketones is 2. The second-order valence-corrected chi connectivity index (χ2v) is 6.33. The predicted molar refractivity (Wildman–Crippen MR) is 88.0 cm³/mol. The van der Waals surface area contributed by atoms with Gasteiger partial charge in [0.1, 0.15) is 11.5 Å². The summed E-state index contributed by atoms with van der Waals surface area (Å²) in [6.07, 6.45) is 1.15. The monoisotopic (exact) mass is 305 g/mol. The molecular weight excluding hydrogens is 278 g/mol. The van der Waals surface area contributed by atoms with Gasteiger partial charge in [-0.3, -0.25) is 9.59 Å². The van der Waals surface area contributed by atoms with Crippen LogP contribution in [-0.2, 0) is 16.0 Å². The quantitative estimate of drug-likeness (QED) is 0.736. The van der Waals surface area contributed by atoms with Crippen LogP contribution >= 0.6 is 0 Å². The van der Waals surface area contributed by atoms with Gasteiger partial charge in [-0.2, -0.15) is 0 Å². The van der Waals surface area contributed by atoms with E-state index < -0.39 is 0 Å². The molecule has 1 aromatic rings. The first-order chi connectivity index (χ1) is 10.3. The summed E-state index contributed by atoms with van der Waals surface area (Å²) >= 11 is 0. The van der Waals surface area contributed by atoms with Crippen molar-refractivity contribution in [3.63, 3.8) is 0 Å². The Kier molecular flexibility index (Phi) is 7.25. The molecule has 122 valence electrons. The van der Waals surface area contributed by atoms with Gasteiger partial charge in [0, 0.05) is 24.8 Å². The second-order valence-electron chi connectivity index (χ2n) is 6.33. The molecule has 0 heterocycles. The molecule has 0 saturated heterocycles. The maximum absolute atomic E-state index is 12.4. The number of benzene rings is 1. The van der Waals surface area contributed by atoms with E-state index in [2.05, 4.69) is 5.32 Å². The summed E-state index contributed by atoms with van der Waals surface area (Å²) in [6, 6.07) is 6.76. The summed E-state index contributed by atoms with van der Waals surface area (Å²) < 4.78 is 0. The Morgan fingerprint density at radius 2 is 1.55 bits per heavy atom. The molecule has 4 nitrogen and oxygen atoms in total. The number of Topliss-reactive ketones (excluding diaryl/α,β-unsaturated/α-hetero) is 2. The molecule has 2 N–H and O–H groups in total. The van der Waals surface area contributed by atoms with Gasteiger partial charge in [-0.25, -0.2) is 0 Å². The minimum atomic E-state index is -0.301. The van der Waals surface area contributed by atoms with E-state index in [1.165, 1.54) is 0 Å². The molecule has 1 aromatic carbocycles. The zero-order valence-corrected chi connectivity index (χ0v) is 13.9. The van der Waals surface area contributed by atoms with Crippen molar-refractivity contribution in [3.8, 4) is 5.75 Å². The molecule has 0 radical (unpaired) electrons. The fraction of sp³-hybridized carbons (Fsp3) is 0.556. The number of carbonyl (C=O) groups excluding carboxylic acids is 2. The van der Waals surface area contributed by atoms with Crippen LogP contribution in [0, 0.1) is 5.92 Å². The van der Waals surface area contributed by atoms with Crippen molar-refractivity contribution >= 4 is 11.6 Å². The van der Waals surface area contributed by atoms with Crippen LogP contribution in [0.5, 0.6) is 5.75 Å². The first kappa shape index (κ1) is 18.4. The van der Waals surface area contributed by atoms with E-state index in [9.17, 15) is 14.7 Å². The van der Waals surface area contributed by atoms with Gasteiger partial charge in [-0.05, 0) is 24.1 Å². The summed E-state index contributed by atoms with van der Waals surface area (Å²) in [6.45, 7) is 7.70. The Morgan fingerprint density at radius 3 is 2.05 bits per heavy atom. The van der Waals surface area contributed by atoms with Crippen LogP contribution in [0.4, 0.5) is 0 Å². The molecule has 0 amide bonds. The zero-order chi connectivity index (χ0) is 16.7. The van der Waals surface area contributed by atoms with Gasteiger partial charge < -0.3 is 10.4 Å². The highest BCUT2D eigenvalue weighted by atomic mass is 16.3. The van der Waals surface area contributed by atoms with Crippen molar-refractivity contribution in [3.05, 3.63) is 29.8 Å². The topological polar surface area (TPSA) is 66.4 Å². The average molecular weight is 305 g/mol. The molecule has 22 heavy (non-hydrogen) atoms. The molecule has 4 heteroatoms. The molecule has 0 bridgehead atoms. The fourth-order valence-electron chi connectivity index (χ4n) is 2.25. The van der Waals surface area contributed by atoms with Crippen LogP contribution in [0.25, 0.3) is 0 Å². The maximum atomic E-state index is 12.4. The number of hydrogen-bond donors (Lipinski definition) is 2. The van der Waals surface area contributed by atoms with Crippen LogP contribution in [0.2, 0.25) is 0 Å². The van der Waals surface area contributed by atoms with Crippen LogP contribution in [-0.4, -0.2) is 28.8 Å². The lowest BCUT2D eigenvalue weighted by Crippen LogP contribution is -2.42. The van der Waals surface area contributed by atoms with Crippen LogP contribution < -0.4 is 5.32 Å². The highest BCUT2D eigenvalue weighted by Crippen LogP contribution is 2.13. The number of nitrogens with one attached hydrogen (secondary N) is 1. The third-order valence-electron chi connectivity index (χ3n) is 3.56. The lowest BCUT2D eigenvalue weighted by molar-refractivity contribution is -0.126. The van der Waals surface area contributed by atoms with Crippen molar-refractivity contribution in [2.24, 2.45) is 5.92 Å². The minimum Gasteiger partial charge on any atom is -0.508 e. The highest BCUT2D eigenvalue weighted by molar-refractivity contribution is 5.89. The van der Waals surface area contributed by atoms with Crippen molar-refractivity contribution < 1.29 is 14.7 Å². The van der Waals surface area contributed by atoms with Gasteiger partial charge >= 0.3 is 0 Å². The molecule has 0 spiro atoms. The molecular formula is C18H27NO3. The standard InChI is InChI=1S/C18H27NO3/c1-12(2)17(21)9-10-18(22)16(19-13(3)4)11-14-5-7-15(20)8-6-14/h5-8,12-13,16,19-20H,9-11H2,1-4H3/t16-/m1/s1. The smallest absolute Gasteiger partial charge is 0.150 e. The van der Waals surface area contributed by atoms with E-state index in [1.807, 2.05) is 39.8 Å². The van der Waals surface area contributed by atoms with Crippen LogP contribution in [0.15, 0.2) is 24.3 Å². The molecule has 0 aliphatic rings. The molecule has 1 atom stereocenters. The Morgan fingerprint density at radius 1 is 1.00 bits per heavy atom. The van der Waals surface area contributed by atoms with Crippen LogP contribution in [0.3, 0.4) is 0 Å². The van der Waals surface area contributed by atoms with Gasteiger partial charge in [0.25, 0.3) is 0 Å². The van der Waals surface area contributed by atoms with Gasteiger partial charge in [0.2, 0.25) is 0 Å². The third kappa shape index (κ3) is 6.39. The van der Waals surface area contributed by atoms with E-state index in [0.29, 0.717) is 12.8 Å². The number of carbonyl (C=O) groups is 2. The Hall–Kier alpha value is -1.68. The van der Waals surface area contributed by atoms with Crippen molar-refractivity contribution in [2.45, 2.75) is 59.0 Å². The zero-order valence-electron chi connectivity index (χ0n) is 13.9. The number of hydrogen-bond acceptors (Lipinski definition) is 4.